The summed E-state index contributed by atoms with van der Waals surface area (Å²) in [7, 11) is 1.63. The van der Waals surface area contributed by atoms with Crippen LogP contribution in [0.15, 0.2) is 28.3 Å². The van der Waals surface area contributed by atoms with Crippen molar-refractivity contribution in [2.45, 2.75) is 32.6 Å². The van der Waals surface area contributed by atoms with Crippen LogP contribution in [0.4, 0.5) is 5.69 Å². The summed E-state index contributed by atoms with van der Waals surface area (Å²) in [6.45, 7) is 5.58. The van der Waals surface area contributed by atoms with E-state index >= 15 is 0 Å². The fourth-order valence-electron chi connectivity index (χ4n) is 3.20. The van der Waals surface area contributed by atoms with Crippen molar-refractivity contribution in [1.29, 1.82) is 0 Å². The van der Waals surface area contributed by atoms with Crippen LogP contribution in [0.3, 0.4) is 0 Å². The van der Waals surface area contributed by atoms with Crippen LogP contribution in [0.25, 0.3) is 0 Å². The van der Waals surface area contributed by atoms with Gasteiger partial charge in [0, 0.05) is 17.1 Å². The summed E-state index contributed by atoms with van der Waals surface area (Å²) in [6, 6.07) is 4.90. The Labute approximate surface area is 194 Å². The molecule has 2 aromatic rings. The molecule has 3 rings (SSSR count). The number of nitrogens with zero attached hydrogens (tertiary/aromatic N) is 5. The molecule has 0 aliphatic carbocycles. The largest absolute Gasteiger partial charge is 0.496 e. The molecule has 0 radical (unpaired) electrons. The van der Waals surface area contributed by atoms with Gasteiger partial charge >= 0.3 is 5.69 Å². The van der Waals surface area contributed by atoms with Crippen LogP contribution in [0.2, 0.25) is 0 Å². The molecule has 0 spiro atoms. The summed E-state index contributed by atoms with van der Waals surface area (Å²) >= 11 is 3.43. The molecular weight excluding hydrogens is 452 g/mol. The van der Waals surface area contributed by atoms with Crippen LogP contribution >= 0.6 is 23.5 Å². The number of thioether (sulfide) groups is 2. The normalized spacial score (nSPS) is 14.4. The second-order valence-corrected chi connectivity index (χ2v) is 9.29. The summed E-state index contributed by atoms with van der Waals surface area (Å²) in [4.78, 5) is 27.6. The van der Waals surface area contributed by atoms with E-state index in [9.17, 15) is 14.9 Å². The zero-order valence-electron chi connectivity index (χ0n) is 18.2. The van der Waals surface area contributed by atoms with Crippen molar-refractivity contribution in [3.05, 3.63) is 50.8 Å². The standard InChI is InChI=1S/C20H24N6O4S2/c1-12-18(26(28)29)13(2)25(24-12)14(3)19(27)23-22-10-15-5-6-17(30-4)16(9-15)11-32-20-21-7-8-31-20/h5-6,9-10,14H,7-8,11H2,1-4H3,(H,23,27). The Morgan fingerprint density at radius 3 is 2.91 bits per heavy atom. The highest BCUT2D eigenvalue weighted by Crippen LogP contribution is 2.29. The minimum atomic E-state index is -0.757. The number of methoxy groups -OCH3 is 1. The lowest BCUT2D eigenvalue weighted by Crippen LogP contribution is -2.28. The van der Waals surface area contributed by atoms with Crippen LogP contribution in [-0.4, -0.2) is 50.6 Å². The smallest absolute Gasteiger partial charge is 0.312 e. The minimum absolute atomic E-state index is 0.0845. The Morgan fingerprint density at radius 2 is 2.28 bits per heavy atom. The SMILES string of the molecule is COc1ccc(C=NNC(=O)C(C)n2nc(C)c([N+](=O)[O-])c2C)cc1CSC1=NCCS1. The number of nitro groups is 1. The number of aliphatic imine (C=N–C) groups is 1. The molecule has 32 heavy (non-hydrogen) atoms. The van der Waals surface area contributed by atoms with Crippen molar-refractivity contribution >= 4 is 45.7 Å². The van der Waals surface area contributed by atoms with E-state index in [2.05, 4.69) is 20.6 Å². The van der Waals surface area contributed by atoms with Crippen molar-refractivity contribution in [2.75, 3.05) is 19.4 Å². The third kappa shape index (κ3) is 5.49. The van der Waals surface area contributed by atoms with Gasteiger partial charge in [0.15, 0.2) is 0 Å². The second-order valence-electron chi connectivity index (χ2n) is 6.99. The highest BCUT2D eigenvalue weighted by atomic mass is 32.2. The number of carbonyl (C=O) groups excluding carboxylic acids is 1. The lowest BCUT2D eigenvalue weighted by atomic mass is 10.1. The van der Waals surface area contributed by atoms with Crippen LogP contribution in [0, 0.1) is 24.0 Å². The van der Waals surface area contributed by atoms with E-state index in [1.165, 1.54) is 4.68 Å². The third-order valence-corrected chi connectivity index (χ3v) is 7.12. The zero-order valence-corrected chi connectivity index (χ0v) is 19.8. The molecule has 1 atom stereocenters. The van der Waals surface area contributed by atoms with Crippen molar-refractivity contribution in [3.8, 4) is 5.75 Å². The number of rotatable bonds is 8. The molecule has 1 amide bonds. The maximum atomic E-state index is 12.5. The van der Waals surface area contributed by atoms with Gasteiger partial charge in [0.2, 0.25) is 0 Å². The van der Waals surface area contributed by atoms with Crippen LogP contribution in [0.5, 0.6) is 5.75 Å². The van der Waals surface area contributed by atoms with Crippen molar-refractivity contribution in [1.82, 2.24) is 15.2 Å². The molecule has 170 valence electrons. The van der Waals surface area contributed by atoms with E-state index in [0.717, 1.165) is 39.3 Å². The number of hydrogen-bond acceptors (Lipinski definition) is 9. The first-order chi connectivity index (χ1) is 15.3. The Morgan fingerprint density at radius 1 is 1.50 bits per heavy atom. The molecule has 0 saturated heterocycles. The summed E-state index contributed by atoms with van der Waals surface area (Å²) in [5, 5.41) is 19.4. The number of aromatic nitrogens is 2. The van der Waals surface area contributed by atoms with Gasteiger partial charge in [-0.05, 0) is 44.5 Å². The molecular formula is C20H24N6O4S2. The molecule has 0 fully saturated rings. The van der Waals surface area contributed by atoms with Gasteiger partial charge in [-0.1, -0.05) is 23.5 Å². The number of ether oxygens (including phenoxy) is 1. The maximum absolute atomic E-state index is 12.5. The number of nitrogens with one attached hydrogen (secondary N) is 1. The van der Waals surface area contributed by atoms with E-state index < -0.39 is 16.9 Å². The van der Waals surface area contributed by atoms with Crippen molar-refractivity contribution in [2.24, 2.45) is 10.1 Å². The number of benzene rings is 1. The van der Waals surface area contributed by atoms with Crippen molar-refractivity contribution < 1.29 is 14.5 Å². The monoisotopic (exact) mass is 476 g/mol. The van der Waals surface area contributed by atoms with E-state index in [4.69, 9.17) is 4.74 Å². The first-order valence-electron chi connectivity index (χ1n) is 9.81. The highest BCUT2D eigenvalue weighted by molar-refractivity contribution is 8.38. The molecule has 10 nitrogen and oxygen atoms in total. The number of hydrazone groups is 1. The van der Waals surface area contributed by atoms with Gasteiger partial charge < -0.3 is 4.74 Å². The molecule has 1 aliphatic rings. The van der Waals surface area contributed by atoms with Crippen LogP contribution in [-0.2, 0) is 10.5 Å². The average Bonchev–Trinajstić information content (AvgIpc) is 3.39. The number of carbonyl (C=O) groups is 1. The summed E-state index contributed by atoms with van der Waals surface area (Å²) in [5.41, 5.74) is 4.79. The Hall–Kier alpha value is -2.86. The quantitative estimate of drug-likeness (QED) is 0.351. The molecule has 0 saturated carbocycles. The Bertz CT molecular complexity index is 1080. The second kappa shape index (κ2) is 10.6. The van der Waals surface area contributed by atoms with E-state index in [-0.39, 0.29) is 11.4 Å². The van der Waals surface area contributed by atoms with E-state index in [0.29, 0.717) is 5.69 Å². The molecule has 0 bridgehead atoms. The van der Waals surface area contributed by atoms with Gasteiger partial charge in [0.05, 0.1) is 24.8 Å². The first-order valence-corrected chi connectivity index (χ1v) is 11.8. The third-order valence-electron chi connectivity index (χ3n) is 4.82. The lowest BCUT2D eigenvalue weighted by molar-refractivity contribution is -0.386. The molecule has 1 aliphatic heterocycles. The fourth-order valence-corrected chi connectivity index (χ4v) is 5.19. The Balaban J connectivity index is 1.66. The first kappa shape index (κ1) is 23.8. The maximum Gasteiger partial charge on any atom is 0.312 e. The van der Waals surface area contributed by atoms with Gasteiger partial charge in [0.1, 0.15) is 27.6 Å². The van der Waals surface area contributed by atoms with Crippen LogP contribution < -0.4 is 10.2 Å². The number of hydrogen-bond donors (Lipinski definition) is 1. The highest BCUT2D eigenvalue weighted by Gasteiger charge is 2.26. The van der Waals surface area contributed by atoms with Gasteiger partial charge in [-0.3, -0.25) is 24.6 Å². The van der Waals surface area contributed by atoms with Gasteiger partial charge in [-0.15, -0.1) is 0 Å². The van der Waals surface area contributed by atoms with E-state index in [1.807, 2.05) is 18.2 Å². The van der Waals surface area contributed by atoms with Gasteiger partial charge in [-0.2, -0.15) is 10.2 Å². The predicted molar refractivity (Wildman–Crippen MR) is 128 cm³/mol. The number of amides is 1. The molecule has 1 aromatic carbocycles. The molecule has 1 unspecified atom stereocenters. The zero-order chi connectivity index (χ0) is 23.3. The lowest BCUT2D eigenvalue weighted by Gasteiger charge is -2.12. The van der Waals surface area contributed by atoms with E-state index in [1.54, 1.807) is 57.6 Å². The number of aryl methyl sites for hydroxylation is 1. The van der Waals surface area contributed by atoms with Crippen LogP contribution in [0.1, 0.15) is 35.5 Å². The molecule has 12 heteroatoms. The van der Waals surface area contributed by atoms with Gasteiger partial charge in [0.25, 0.3) is 5.91 Å². The fraction of sp³-hybridized carbons (Fsp3) is 0.400. The predicted octanol–water partition coefficient (Wildman–Crippen LogP) is 3.46. The summed E-state index contributed by atoms with van der Waals surface area (Å²) < 4.78 is 7.86. The average molecular weight is 477 g/mol. The summed E-state index contributed by atoms with van der Waals surface area (Å²) in [5.74, 6) is 2.09. The topological polar surface area (TPSA) is 124 Å². The molecule has 1 N–H and O–H groups in total. The van der Waals surface area contributed by atoms with Gasteiger partial charge in [-0.25, -0.2) is 5.43 Å². The summed E-state index contributed by atoms with van der Waals surface area (Å²) in [6.07, 6.45) is 1.55. The minimum Gasteiger partial charge on any atom is -0.496 e. The van der Waals surface area contributed by atoms with Crippen molar-refractivity contribution in [3.63, 3.8) is 0 Å². The Kier molecular flexibility index (Phi) is 7.91. The molecule has 1 aromatic heterocycles. The molecule has 2 heterocycles.